The molecule has 1 aliphatic rings. The minimum Gasteiger partial charge on any atom is -0.497 e. The van der Waals surface area contributed by atoms with Gasteiger partial charge in [0.2, 0.25) is 5.91 Å². The van der Waals surface area contributed by atoms with Gasteiger partial charge in [0, 0.05) is 37.0 Å². The van der Waals surface area contributed by atoms with E-state index in [9.17, 15) is 4.79 Å². The molecular formula is C22H23N3O3. The molecule has 1 N–H and O–H groups in total. The maximum atomic E-state index is 12.2. The number of para-hydroxylation sites is 1. The summed E-state index contributed by atoms with van der Waals surface area (Å²) in [7, 11) is 1.62. The predicted octanol–water partition coefficient (Wildman–Crippen LogP) is 3.07. The summed E-state index contributed by atoms with van der Waals surface area (Å²) in [6, 6.07) is 17.8. The van der Waals surface area contributed by atoms with Crippen molar-refractivity contribution in [3.05, 3.63) is 65.9 Å². The molecule has 0 saturated heterocycles. The maximum Gasteiger partial charge on any atom is 0.226 e. The van der Waals surface area contributed by atoms with E-state index in [0.29, 0.717) is 18.0 Å². The zero-order chi connectivity index (χ0) is 19.3. The molecule has 2 heterocycles. The number of carbonyl (C=O) groups is 1. The van der Waals surface area contributed by atoms with Gasteiger partial charge in [-0.05, 0) is 30.2 Å². The number of hydrogen-bond acceptors (Lipinski definition) is 5. The van der Waals surface area contributed by atoms with Gasteiger partial charge < -0.3 is 19.5 Å². The first-order valence-electron chi connectivity index (χ1n) is 9.42. The van der Waals surface area contributed by atoms with Crippen LogP contribution in [-0.2, 0) is 17.6 Å². The third-order valence-corrected chi connectivity index (χ3v) is 4.94. The Hall–Kier alpha value is -3.28. The van der Waals surface area contributed by atoms with Gasteiger partial charge in [-0.2, -0.15) is 0 Å². The largest absolute Gasteiger partial charge is 0.497 e. The summed E-state index contributed by atoms with van der Waals surface area (Å²) in [6.45, 7) is 2.41. The zero-order valence-corrected chi connectivity index (χ0v) is 15.9. The fourth-order valence-corrected chi connectivity index (χ4v) is 3.50. The van der Waals surface area contributed by atoms with Gasteiger partial charge in [-0.3, -0.25) is 4.79 Å². The van der Waals surface area contributed by atoms with Crippen LogP contribution in [0, 0.1) is 0 Å². The predicted molar refractivity (Wildman–Crippen MR) is 108 cm³/mol. The fourth-order valence-electron chi connectivity index (χ4n) is 3.50. The van der Waals surface area contributed by atoms with Gasteiger partial charge in [-0.15, -0.1) is 0 Å². The smallest absolute Gasteiger partial charge is 0.226 e. The first-order valence-corrected chi connectivity index (χ1v) is 9.42. The normalized spacial score (nSPS) is 12.7. The number of benzene rings is 2. The minimum atomic E-state index is -0.0574. The van der Waals surface area contributed by atoms with Gasteiger partial charge in [-0.25, -0.2) is 0 Å². The first-order chi connectivity index (χ1) is 13.7. The molecule has 0 saturated carbocycles. The third-order valence-electron chi connectivity index (χ3n) is 4.94. The number of carbonyl (C=O) groups excluding carboxylic acids is 1. The number of methoxy groups -OCH3 is 1. The second-order valence-electron chi connectivity index (χ2n) is 6.81. The molecule has 6 heteroatoms. The highest BCUT2D eigenvalue weighted by Crippen LogP contribution is 2.27. The van der Waals surface area contributed by atoms with Crippen molar-refractivity contribution in [1.82, 2.24) is 10.5 Å². The molecule has 0 radical (unpaired) electrons. The molecule has 144 valence electrons. The van der Waals surface area contributed by atoms with Crippen molar-refractivity contribution in [3.8, 4) is 17.1 Å². The second-order valence-corrected chi connectivity index (χ2v) is 6.81. The molecule has 1 amide bonds. The highest BCUT2D eigenvalue weighted by Gasteiger charge is 2.18. The van der Waals surface area contributed by atoms with Crippen LogP contribution in [0.5, 0.6) is 5.75 Å². The van der Waals surface area contributed by atoms with Crippen LogP contribution in [-0.4, -0.2) is 37.8 Å². The van der Waals surface area contributed by atoms with Crippen molar-refractivity contribution in [2.75, 3.05) is 31.6 Å². The van der Waals surface area contributed by atoms with Crippen LogP contribution in [0.4, 0.5) is 5.69 Å². The Morgan fingerprint density at radius 3 is 3.00 bits per heavy atom. The van der Waals surface area contributed by atoms with E-state index in [2.05, 4.69) is 39.6 Å². The molecule has 6 nitrogen and oxygen atoms in total. The van der Waals surface area contributed by atoms with Crippen LogP contribution in [0.1, 0.15) is 11.3 Å². The summed E-state index contributed by atoms with van der Waals surface area (Å²) in [4.78, 5) is 14.6. The van der Waals surface area contributed by atoms with Gasteiger partial charge in [0.15, 0.2) is 5.76 Å². The number of aromatic nitrogens is 1. The topological polar surface area (TPSA) is 67.6 Å². The zero-order valence-electron chi connectivity index (χ0n) is 15.9. The summed E-state index contributed by atoms with van der Waals surface area (Å²) < 4.78 is 10.6. The van der Waals surface area contributed by atoms with Crippen LogP contribution < -0.4 is 15.0 Å². The Labute approximate surface area is 164 Å². The van der Waals surface area contributed by atoms with Crippen molar-refractivity contribution in [1.29, 1.82) is 0 Å². The third kappa shape index (κ3) is 4.01. The highest BCUT2D eigenvalue weighted by atomic mass is 16.5. The lowest BCUT2D eigenvalue weighted by Crippen LogP contribution is -2.34. The quantitative estimate of drug-likeness (QED) is 0.685. The van der Waals surface area contributed by atoms with E-state index in [4.69, 9.17) is 9.26 Å². The van der Waals surface area contributed by atoms with Crippen molar-refractivity contribution in [2.45, 2.75) is 12.8 Å². The Bertz CT molecular complexity index is 967. The van der Waals surface area contributed by atoms with E-state index >= 15 is 0 Å². The molecule has 4 rings (SSSR count). The van der Waals surface area contributed by atoms with Crippen molar-refractivity contribution < 1.29 is 14.1 Å². The lowest BCUT2D eigenvalue weighted by atomic mass is 10.1. The molecule has 28 heavy (non-hydrogen) atoms. The fraction of sp³-hybridized carbons (Fsp3) is 0.273. The van der Waals surface area contributed by atoms with Crippen molar-refractivity contribution >= 4 is 11.6 Å². The number of nitrogens with one attached hydrogen (secondary N) is 1. The second kappa shape index (κ2) is 8.17. The van der Waals surface area contributed by atoms with E-state index in [1.807, 2.05) is 24.3 Å². The summed E-state index contributed by atoms with van der Waals surface area (Å²) in [5.74, 6) is 1.31. The van der Waals surface area contributed by atoms with Crippen LogP contribution >= 0.6 is 0 Å². The van der Waals surface area contributed by atoms with Crippen molar-refractivity contribution in [3.63, 3.8) is 0 Å². The van der Waals surface area contributed by atoms with E-state index in [1.54, 1.807) is 13.2 Å². The number of amides is 1. The van der Waals surface area contributed by atoms with Gasteiger partial charge in [0.1, 0.15) is 5.75 Å². The van der Waals surface area contributed by atoms with Crippen LogP contribution in [0.25, 0.3) is 11.3 Å². The molecule has 3 aromatic rings. The molecule has 0 bridgehead atoms. The average Bonchev–Trinajstić information content (AvgIpc) is 3.35. The Kier molecular flexibility index (Phi) is 5.28. The number of fused-ring (bicyclic) bond motifs is 1. The molecule has 0 unspecified atom stereocenters. The summed E-state index contributed by atoms with van der Waals surface area (Å²) in [5, 5.41) is 6.99. The minimum absolute atomic E-state index is 0.0574. The number of anilines is 1. The summed E-state index contributed by atoms with van der Waals surface area (Å²) in [6.07, 6.45) is 1.26. The standard InChI is InChI=1S/C22H23N3O3/c1-27-19-7-4-6-17(13-19)21-14-18(24-28-21)15-22(26)23-10-12-25-11-9-16-5-2-3-8-20(16)25/h2-8,13-14H,9-12,15H2,1H3,(H,23,26). The molecule has 1 aromatic heterocycles. The summed E-state index contributed by atoms with van der Waals surface area (Å²) in [5.41, 5.74) is 4.13. The van der Waals surface area contributed by atoms with Crippen LogP contribution in [0.3, 0.4) is 0 Å². The highest BCUT2D eigenvalue weighted by molar-refractivity contribution is 5.78. The molecule has 0 fully saturated rings. The van der Waals surface area contributed by atoms with E-state index in [0.717, 1.165) is 30.8 Å². The molecule has 2 aromatic carbocycles. The number of hydrogen-bond donors (Lipinski definition) is 1. The molecular weight excluding hydrogens is 354 g/mol. The number of ether oxygens (including phenoxy) is 1. The van der Waals surface area contributed by atoms with Crippen LogP contribution in [0.2, 0.25) is 0 Å². The Balaban J connectivity index is 1.28. The maximum absolute atomic E-state index is 12.2. The van der Waals surface area contributed by atoms with E-state index < -0.39 is 0 Å². The molecule has 0 spiro atoms. The number of nitrogens with zero attached hydrogens (tertiary/aromatic N) is 2. The van der Waals surface area contributed by atoms with Crippen molar-refractivity contribution in [2.24, 2.45) is 0 Å². The Morgan fingerprint density at radius 1 is 1.21 bits per heavy atom. The lowest BCUT2D eigenvalue weighted by Gasteiger charge is -2.19. The van der Waals surface area contributed by atoms with Crippen LogP contribution in [0.15, 0.2) is 59.1 Å². The Morgan fingerprint density at radius 2 is 2.11 bits per heavy atom. The summed E-state index contributed by atoms with van der Waals surface area (Å²) >= 11 is 0. The van der Waals surface area contributed by atoms with Gasteiger partial charge >= 0.3 is 0 Å². The molecule has 1 aliphatic heterocycles. The van der Waals surface area contributed by atoms with Gasteiger partial charge in [-0.1, -0.05) is 35.5 Å². The lowest BCUT2D eigenvalue weighted by molar-refractivity contribution is -0.120. The molecule has 0 atom stereocenters. The monoisotopic (exact) mass is 377 g/mol. The SMILES string of the molecule is COc1cccc(-c2cc(CC(=O)NCCN3CCc4ccccc43)no2)c1. The molecule has 0 aliphatic carbocycles. The van der Waals surface area contributed by atoms with Gasteiger partial charge in [0.05, 0.1) is 19.2 Å². The van der Waals surface area contributed by atoms with Gasteiger partial charge in [0.25, 0.3) is 0 Å². The average molecular weight is 377 g/mol. The first kappa shape index (κ1) is 18.1. The van der Waals surface area contributed by atoms with E-state index in [-0.39, 0.29) is 12.3 Å². The number of rotatable bonds is 7. The van der Waals surface area contributed by atoms with E-state index in [1.165, 1.54) is 11.3 Å².